The second-order valence-electron chi connectivity index (χ2n) is 3.11. The third-order valence-corrected chi connectivity index (χ3v) is 4.06. The molecule has 0 amide bonds. The molecule has 0 saturated carbocycles. The van der Waals surface area contributed by atoms with Crippen LogP contribution in [0.5, 0.6) is 0 Å². The fraction of sp³-hybridized carbons (Fsp3) is 0.286. The SMILES string of the molecule is O=P(O)(O)C(CS(=O)(=O)O)c1ccccn1. The molecule has 0 aliphatic rings. The summed E-state index contributed by atoms with van der Waals surface area (Å²) in [5, 5.41) is 0. The molecular formula is C7H10NO6PS. The Bertz CT molecular complexity index is 495. The van der Waals surface area contributed by atoms with Crippen LogP contribution >= 0.6 is 7.60 Å². The van der Waals surface area contributed by atoms with E-state index in [-0.39, 0.29) is 5.69 Å². The molecule has 0 bridgehead atoms. The zero-order valence-electron chi connectivity index (χ0n) is 7.96. The Morgan fingerprint density at radius 3 is 2.38 bits per heavy atom. The van der Waals surface area contributed by atoms with Crippen LogP contribution < -0.4 is 0 Å². The minimum Gasteiger partial charge on any atom is -0.324 e. The molecule has 0 saturated heterocycles. The Labute approximate surface area is 92.1 Å². The predicted molar refractivity (Wildman–Crippen MR) is 55.4 cm³/mol. The molecule has 1 atom stereocenters. The average molecular weight is 267 g/mol. The van der Waals surface area contributed by atoms with Crippen LogP contribution in [0.2, 0.25) is 0 Å². The fourth-order valence-electron chi connectivity index (χ4n) is 1.13. The monoisotopic (exact) mass is 267 g/mol. The topological polar surface area (TPSA) is 125 Å². The van der Waals surface area contributed by atoms with Crippen LogP contribution in [0.25, 0.3) is 0 Å². The van der Waals surface area contributed by atoms with Gasteiger partial charge in [0, 0.05) is 6.20 Å². The second kappa shape index (κ2) is 4.60. The van der Waals surface area contributed by atoms with Gasteiger partial charge >= 0.3 is 7.60 Å². The first-order valence-corrected chi connectivity index (χ1v) is 7.40. The summed E-state index contributed by atoms with van der Waals surface area (Å²) in [7, 11) is -9.18. The molecule has 9 heteroatoms. The minimum absolute atomic E-state index is 0.0755. The predicted octanol–water partition coefficient (Wildman–Crippen LogP) is 0.188. The number of aromatic nitrogens is 1. The van der Waals surface area contributed by atoms with E-state index in [1.54, 1.807) is 0 Å². The molecule has 1 aromatic rings. The lowest BCUT2D eigenvalue weighted by molar-refractivity contribution is 0.359. The van der Waals surface area contributed by atoms with E-state index in [9.17, 15) is 13.0 Å². The second-order valence-corrected chi connectivity index (χ2v) is 6.41. The van der Waals surface area contributed by atoms with Gasteiger partial charge in [-0.25, -0.2) is 0 Å². The zero-order chi connectivity index (χ0) is 12.4. The Balaban J connectivity index is 3.13. The van der Waals surface area contributed by atoms with Crippen molar-refractivity contribution in [3.63, 3.8) is 0 Å². The molecular weight excluding hydrogens is 257 g/mol. The van der Waals surface area contributed by atoms with E-state index in [1.807, 2.05) is 0 Å². The van der Waals surface area contributed by atoms with E-state index in [2.05, 4.69) is 4.98 Å². The van der Waals surface area contributed by atoms with Crippen molar-refractivity contribution in [3.8, 4) is 0 Å². The lowest BCUT2D eigenvalue weighted by Crippen LogP contribution is -2.15. The van der Waals surface area contributed by atoms with Crippen molar-refractivity contribution in [3.05, 3.63) is 30.1 Å². The Morgan fingerprint density at radius 1 is 1.38 bits per heavy atom. The van der Waals surface area contributed by atoms with Gasteiger partial charge < -0.3 is 9.79 Å². The standard InChI is InChI=1S/C7H10NO6PS/c9-15(10,11)7(5-16(12,13)14)6-3-1-2-4-8-6/h1-4,7H,5H2,(H2,9,10,11)(H,12,13,14). The number of nitrogens with zero attached hydrogens (tertiary/aromatic N) is 1. The highest BCUT2D eigenvalue weighted by atomic mass is 32.2. The molecule has 0 radical (unpaired) electrons. The van der Waals surface area contributed by atoms with E-state index in [0.717, 1.165) is 0 Å². The molecule has 0 aliphatic carbocycles. The summed E-state index contributed by atoms with van der Waals surface area (Å²) in [5.74, 6) is -1.06. The third-order valence-electron chi connectivity index (χ3n) is 1.80. The molecule has 16 heavy (non-hydrogen) atoms. The number of rotatable bonds is 4. The lowest BCUT2D eigenvalue weighted by atomic mass is 10.3. The maximum Gasteiger partial charge on any atom is 0.335 e. The van der Waals surface area contributed by atoms with Crippen LogP contribution in [0.4, 0.5) is 0 Å². The summed E-state index contributed by atoms with van der Waals surface area (Å²) in [5.41, 5.74) is -1.72. The number of pyridine rings is 1. The Morgan fingerprint density at radius 2 is 2.00 bits per heavy atom. The van der Waals surface area contributed by atoms with E-state index in [0.29, 0.717) is 0 Å². The van der Waals surface area contributed by atoms with E-state index in [1.165, 1.54) is 24.4 Å². The first-order chi connectivity index (χ1) is 7.20. The smallest absolute Gasteiger partial charge is 0.324 e. The number of hydrogen-bond donors (Lipinski definition) is 3. The van der Waals surface area contributed by atoms with Crippen LogP contribution in [-0.4, -0.2) is 33.5 Å². The van der Waals surface area contributed by atoms with Crippen LogP contribution in [0.3, 0.4) is 0 Å². The van der Waals surface area contributed by atoms with Crippen LogP contribution in [-0.2, 0) is 14.7 Å². The van der Waals surface area contributed by atoms with Crippen molar-refractivity contribution in [1.29, 1.82) is 0 Å². The van der Waals surface area contributed by atoms with Gasteiger partial charge in [0.05, 0.1) is 11.4 Å². The van der Waals surface area contributed by atoms with Crippen LogP contribution in [0.1, 0.15) is 11.4 Å². The quantitative estimate of drug-likeness (QED) is 0.525. The summed E-state index contributed by atoms with van der Waals surface area (Å²) < 4.78 is 41.0. The maximum absolute atomic E-state index is 11.1. The van der Waals surface area contributed by atoms with Crippen molar-refractivity contribution < 1.29 is 27.3 Å². The normalized spacial score (nSPS) is 14.7. The summed E-state index contributed by atoms with van der Waals surface area (Å²) in [4.78, 5) is 21.6. The molecule has 0 spiro atoms. The fourth-order valence-corrected chi connectivity index (χ4v) is 3.54. The van der Waals surface area contributed by atoms with Crippen molar-refractivity contribution in [1.82, 2.24) is 4.98 Å². The molecule has 1 heterocycles. The highest BCUT2D eigenvalue weighted by molar-refractivity contribution is 7.86. The average Bonchev–Trinajstić information content (AvgIpc) is 2.13. The van der Waals surface area contributed by atoms with Crippen molar-refractivity contribution in [2.45, 2.75) is 5.66 Å². The summed E-state index contributed by atoms with van der Waals surface area (Å²) in [6, 6.07) is 4.28. The largest absolute Gasteiger partial charge is 0.335 e. The Kier molecular flexibility index (Phi) is 3.82. The van der Waals surface area contributed by atoms with Gasteiger partial charge in [0.2, 0.25) is 0 Å². The number of hydrogen-bond acceptors (Lipinski definition) is 4. The molecule has 90 valence electrons. The van der Waals surface area contributed by atoms with Crippen molar-refractivity contribution >= 4 is 17.7 Å². The maximum atomic E-state index is 11.1. The first-order valence-electron chi connectivity index (χ1n) is 4.11. The molecule has 1 rings (SSSR count). The first kappa shape index (κ1) is 13.3. The molecule has 7 nitrogen and oxygen atoms in total. The molecule has 0 aliphatic heterocycles. The molecule has 0 fully saturated rings. The zero-order valence-corrected chi connectivity index (χ0v) is 9.67. The molecule has 1 unspecified atom stereocenters. The van der Waals surface area contributed by atoms with Gasteiger partial charge in [-0.05, 0) is 12.1 Å². The van der Waals surface area contributed by atoms with Gasteiger partial charge in [0.15, 0.2) is 0 Å². The van der Waals surface area contributed by atoms with E-state index < -0.39 is 29.1 Å². The molecule has 0 aromatic carbocycles. The molecule has 3 N–H and O–H groups in total. The minimum atomic E-state index is -4.70. The summed E-state index contributed by atoms with van der Waals surface area (Å²) >= 11 is 0. The van der Waals surface area contributed by atoms with Crippen LogP contribution in [0.15, 0.2) is 24.4 Å². The lowest BCUT2D eigenvalue weighted by Gasteiger charge is -2.15. The highest BCUT2D eigenvalue weighted by Crippen LogP contribution is 2.51. The van der Waals surface area contributed by atoms with E-state index >= 15 is 0 Å². The summed E-state index contributed by atoms with van der Waals surface area (Å²) in [6.45, 7) is 0. The van der Waals surface area contributed by atoms with Gasteiger partial charge in [-0.3, -0.25) is 14.1 Å². The van der Waals surface area contributed by atoms with Gasteiger partial charge in [-0.1, -0.05) is 6.07 Å². The third kappa shape index (κ3) is 3.99. The highest BCUT2D eigenvalue weighted by Gasteiger charge is 2.35. The van der Waals surface area contributed by atoms with Gasteiger partial charge in [0.25, 0.3) is 10.1 Å². The van der Waals surface area contributed by atoms with E-state index in [4.69, 9.17) is 14.3 Å². The Hall–Kier alpha value is -0.790. The molecule has 1 aromatic heterocycles. The van der Waals surface area contributed by atoms with Gasteiger partial charge in [-0.2, -0.15) is 8.42 Å². The van der Waals surface area contributed by atoms with Crippen molar-refractivity contribution in [2.24, 2.45) is 0 Å². The van der Waals surface area contributed by atoms with Crippen molar-refractivity contribution in [2.75, 3.05) is 5.75 Å². The van der Waals surface area contributed by atoms with Gasteiger partial charge in [0.1, 0.15) is 5.66 Å². The van der Waals surface area contributed by atoms with Gasteiger partial charge in [-0.15, -0.1) is 0 Å². The summed E-state index contributed by atoms with van der Waals surface area (Å²) in [6.07, 6.45) is 1.28. The van der Waals surface area contributed by atoms with Crippen LogP contribution in [0, 0.1) is 0 Å².